The summed E-state index contributed by atoms with van der Waals surface area (Å²) in [7, 11) is 0. The zero-order chi connectivity index (χ0) is 47.2. The molecule has 0 aliphatic carbocycles. The molecular weight excluding hydrogens is 805 g/mol. The zero-order valence-corrected chi connectivity index (χ0v) is 42.2. The number of rotatable bonds is 47. The van der Waals surface area contributed by atoms with Gasteiger partial charge in [-0.2, -0.15) is 0 Å². The molecule has 0 aliphatic heterocycles. The second-order valence-corrected chi connectivity index (χ2v) is 17.6. The van der Waals surface area contributed by atoms with E-state index in [0.29, 0.717) is 19.3 Å². The number of allylic oxidation sites excluding steroid dienone is 16. The molecule has 0 fully saturated rings. The van der Waals surface area contributed by atoms with Crippen molar-refractivity contribution in [1.29, 1.82) is 0 Å². The van der Waals surface area contributed by atoms with E-state index in [1.54, 1.807) is 0 Å². The van der Waals surface area contributed by atoms with E-state index >= 15 is 0 Å². The molecule has 0 saturated heterocycles. The molecule has 6 nitrogen and oxygen atoms in total. The third-order valence-corrected chi connectivity index (χ3v) is 11.3. The maximum atomic E-state index is 12.8. The van der Waals surface area contributed by atoms with E-state index in [1.807, 2.05) is 72.9 Å². The molecule has 0 radical (unpaired) electrons. The van der Waals surface area contributed by atoms with Crippen LogP contribution in [0.1, 0.15) is 239 Å². The highest BCUT2D eigenvalue weighted by atomic mass is 16.6. The molecule has 0 aromatic heterocycles. The smallest absolute Gasteiger partial charge is 0.306 e. The maximum Gasteiger partial charge on any atom is 0.306 e. The quantitative estimate of drug-likeness (QED) is 0.0199. The van der Waals surface area contributed by atoms with E-state index in [4.69, 9.17) is 14.2 Å². The molecule has 0 aliphatic rings. The Bertz CT molecular complexity index is 1310. The Kier molecular flexibility index (Phi) is 50.0. The molecule has 0 heterocycles. The molecule has 0 rings (SSSR count). The highest BCUT2D eigenvalue weighted by Gasteiger charge is 2.19. The Hall–Kier alpha value is -3.67. The molecule has 65 heavy (non-hydrogen) atoms. The fourth-order valence-electron chi connectivity index (χ4n) is 7.24. The van der Waals surface area contributed by atoms with E-state index in [-0.39, 0.29) is 31.1 Å². The van der Waals surface area contributed by atoms with Gasteiger partial charge in [-0.05, 0) is 64.2 Å². The topological polar surface area (TPSA) is 78.9 Å². The van der Waals surface area contributed by atoms with Gasteiger partial charge >= 0.3 is 17.9 Å². The second kappa shape index (κ2) is 52.9. The normalized spacial score (nSPS) is 12.8. The Labute approximate surface area is 400 Å². The first-order valence-electron chi connectivity index (χ1n) is 26.8. The van der Waals surface area contributed by atoms with E-state index in [1.165, 1.54) is 116 Å². The first-order valence-corrected chi connectivity index (χ1v) is 26.8. The average molecular weight is 903 g/mol. The van der Waals surface area contributed by atoms with Crippen LogP contribution in [0.25, 0.3) is 0 Å². The van der Waals surface area contributed by atoms with Gasteiger partial charge < -0.3 is 14.2 Å². The van der Waals surface area contributed by atoms with Crippen LogP contribution in [0.2, 0.25) is 0 Å². The number of unbranched alkanes of at least 4 members (excludes halogenated alkanes) is 26. The standard InChI is InChI=1S/C59H98O6/c1-4-7-10-13-16-19-22-25-27-29-30-31-33-34-37-40-43-46-49-52-58(61)64-55-56(54-63-57(60)51-48-45-42-39-36-24-21-18-15-12-9-6-3)65-59(62)53-50-47-44-41-38-35-32-28-26-23-20-17-14-11-8-5-2/h7,10,13,16,19,22,25,27-34,37,56H,4-6,8-9,11-12,14-15,17-18,20-21,23-24,26,35-36,38-55H2,1-3H3/b10-7-,16-13-,22-19-,27-25-,30-29+,32-28-,33-31-,37-34-. The van der Waals surface area contributed by atoms with Crippen molar-refractivity contribution in [2.75, 3.05) is 13.2 Å². The molecule has 0 amide bonds. The van der Waals surface area contributed by atoms with Crippen molar-refractivity contribution < 1.29 is 28.6 Å². The Morgan fingerprint density at radius 1 is 0.323 bits per heavy atom. The van der Waals surface area contributed by atoms with Gasteiger partial charge in [0.15, 0.2) is 6.10 Å². The van der Waals surface area contributed by atoms with Crippen molar-refractivity contribution in [3.05, 3.63) is 97.2 Å². The first-order chi connectivity index (χ1) is 32.0. The van der Waals surface area contributed by atoms with Gasteiger partial charge in [0.05, 0.1) is 0 Å². The Balaban J connectivity index is 4.49. The van der Waals surface area contributed by atoms with E-state index < -0.39 is 6.10 Å². The minimum absolute atomic E-state index is 0.0948. The molecule has 0 aromatic carbocycles. The number of hydrogen-bond donors (Lipinski definition) is 0. The van der Waals surface area contributed by atoms with Gasteiger partial charge in [0, 0.05) is 19.3 Å². The van der Waals surface area contributed by atoms with Crippen LogP contribution in [0.4, 0.5) is 0 Å². The molecule has 1 unspecified atom stereocenters. The van der Waals surface area contributed by atoms with Crippen LogP contribution in [0.3, 0.4) is 0 Å². The summed E-state index contributed by atoms with van der Waals surface area (Å²) in [5.41, 5.74) is 0. The fourth-order valence-corrected chi connectivity index (χ4v) is 7.24. The highest BCUT2D eigenvalue weighted by Crippen LogP contribution is 2.15. The van der Waals surface area contributed by atoms with Crippen molar-refractivity contribution in [2.45, 2.75) is 245 Å². The van der Waals surface area contributed by atoms with Gasteiger partial charge in [-0.15, -0.1) is 0 Å². The monoisotopic (exact) mass is 903 g/mol. The maximum absolute atomic E-state index is 12.8. The van der Waals surface area contributed by atoms with E-state index in [2.05, 4.69) is 45.1 Å². The molecule has 0 saturated carbocycles. The molecule has 0 spiro atoms. The third kappa shape index (κ3) is 51.2. The first kappa shape index (κ1) is 61.3. The molecule has 1 atom stereocenters. The Morgan fingerprint density at radius 2 is 0.615 bits per heavy atom. The molecule has 0 N–H and O–H groups in total. The molecule has 6 heteroatoms. The number of carbonyl (C=O) groups excluding carboxylic acids is 3. The average Bonchev–Trinajstić information content (AvgIpc) is 3.30. The van der Waals surface area contributed by atoms with Crippen LogP contribution in [0.15, 0.2) is 97.2 Å². The van der Waals surface area contributed by atoms with E-state index in [0.717, 1.165) is 83.5 Å². The minimum Gasteiger partial charge on any atom is -0.462 e. The molecule has 370 valence electrons. The SMILES string of the molecule is CC\C=C/C=C\C=C/C=C\C=C\C=C/C=C\CCCCCC(=O)OCC(COC(=O)CCCCCCCCCCCCCC)OC(=O)CCCCCCC/C=C\CCCCCCCCC. The molecule has 0 aromatic rings. The van der Waals surface area contributed by atoms with Crippen LogP contribution in [0.5, 0.6) is 0 Å². The summed E-state index contributed by atoms with van der Waals surface area (Å²) >= 11 is 0. The van der Waals surface area contributed by atoms with Crippen LogP contribution < -0.4 is 0 Å². The van der Waals surface area contributed by atoms with Gasteiger partial charge in [-0.3, -0.25) is 14.4 Å². The third-order valence-electron chi connectivity index (χ3n) is 11.3. The van der Waals surface area contributed by atoms with Crippen LogP contribution in [0, 0.1) is 0 Å². The zero-order valence-electron chi connectivity index (χ0n) is 42.2. The number of esters is 3. The van der Waals surface area contributed by atoms with Crippen molar-refractivity contribution in [3.63, 3.8) is 0 Å². The number of carbonyl (C=O) groups is 3. The van der Waals surface area contributed by atoms with Gasteiger partial charge in [0.1, 0.15) is 13.2 Å². The van der Waals surface area contributed by atoms with Crippen molar-refractivity contribution in [2.24, 2.45) is 0 Å². The summed E-state index contributed by atoms with van der Waals surface area (Å²) in [5, 5.41) is 0. The lowest BCUT2D eigenvalue weighted by molar-refractivity contribution is -0.167. The predicted octanol–water partition coefficient (Wildman–Crippen LogP) is 17.8. The molecule has 0 bridgehead atoms. The number of hydrogen-bond acceptors (Lipinski definition) is 6. The van der Waals surface area contributed by atoms with Gasteiger partial charge in [0.2, 0.25) is 0 Å². The summed E-state index contributed by atoms with van der Waals surface area (Å²) in [6, 6.07) is 0. The van der Waals surface area contributed by atoms with Gasteiger partial charge in [0.25, 0.3) is 0 Å². The highest BCUT2D eigenvalue weighted by molar-refractivity contribution is 5.71. The second-order valence-electron chi connectivity index (χ2n) is 17.6. The molecular formula is C59H98O6. The fraction of sp³-hybridized carbons (Fsp3) is 0.678. The minimum atomic E-state index is -0.800. The lowest BCUT2D eigenvalue weighted by atomic mass is 10.0. The van der Waals surface area contributed by atoms with Crippen molar-refractivity contribution >= 4 is 17.9 Å². The van der Waals surface area contributed by atoms with Gasteiger partial charge in [-0.1, -0.05) is 253 Å². The van der Waals surface area contributed by atoms with Crippen molar-refractivity contribution in [3.8, 4) is 0 Å². The van der Waals surface area contributed by atoms with E-state index in [9.17, 15) is 14.4 Å². The van der Waals surface area contributed by atoms with Crippen LogP contribution >= 0.6 is 0 Å². The Morgan fingerprint density at radius 3 is 1.00 bits per heavy atom. The van der Waals surface area contributed by atoms with Gasteiger partial charge in [-0.25, -0.2) is 0 Å². The summed E-state index contributed by atoms with van der Waals surface area (Å²) in [5.74, 6) is -0.949. The van der Waals surface area contributed by atoms with Crippen LogP contribution in [-0.4, -0.2) is 37.2 Å². The number of ether oxygens (including phenoxy) is 3. The largest absolute Gasteiger partial charge is 0.462 e. The summed E-state index contributed by atoms with van der Waals surface area (Å²) in [4.78, 5) is 38.0. The summed E-state index contributed by atoms with van der Waals surface area (Å²) in [6.07, 6.45) is 69.5. The van der Waals surface area contributed by atoms with Crippen LogP contribution in [-0.2, 0) is 28.6 Å². The van der Waals surface area contributed by atoms with Crippen molar-refractivity contribution in [1.82, 2.24) is 0 Å². The summed E-state index contributed by atoms with van der Waals surface area (Å²) < 4.78 is 16.8. The summed E-state index contributed by atoms with van der Waals surface area (Å²) in [6.45, 7) is 6.44. The predicted molar refractivity (Wildman–Crippen MR) is 279 cm³/mol. The lowest BCUT2D eigenvalue weighted by Gasteiger charge is -2.18. The lowest BCUT2D eigenvalue weighted by Crippen LogP contribution is -2.30.